The number of nitrogens with zero attached hydrogens (tertiary/aromatic N) is 1. The molecule has 1 heterocycles. The van der Waals surface area contributed by atoms with E-state index in [-0.39, 0.29) is 18.3 Å². The maximum absolute atomic E-state index is 12.1. The van der Waals surface area contributed by atoms with Crippen molar-refractivity contribution in [1.29, 1.82) is 0 Å². The molecule has 1 atom stereocenters. The molecule has 17 heavy (non-hydrogen) atoms. The highest BCUT2D eigenvalue weighted by Crippen LogP contribution is 2.12. The molecule has 3 nitrogen and oxygen atoms in total. The number of halogens is 2. The van der Waals surface area contributed by atoms with E-state index < -0.39 is 0 Å². The van der Waals surface area contributed by atoms with Crippen LogP contribution in [-0.2, 0) is 0 Å². The number of piperazine rings is 1. The minimum atomic E-state index is 0. The molecule has 1 aromatic rings. The highest BCUT2D eigenvalue weighted by atomic mass is 35.5. The molecule has 1 aliphatic rings. The Bertz CT molecular complexity index is 381. The highest BCUT2D eigenvalue weighted by molar-refractivity contribution is 6.30. The van der Waals surface area contributed by atoms with Crippen LogP contribution >= 0.6 is 24.0 Å². The van der Waals surface area contributed by atoms with Crippen molar-refractivity contribution >= 4 is 29.9 Å². The molecule has 0 unspecified atom stereocenters. The van der Waals surface area contributed by atoms with E-state index in [2.05, 4.69) is 12.2 Å². The first-order valence-electron chi connectivity index (χ1n) is 5.45. The van der Waals surface area contributed by atoms with Crippen molar-refractivity contribution < 1.29 is 4.79 Å². The van der Waals surface area contributed by atoms with Crippen LogP contribution in [0.3, 0.4) is 0 Å². The normalized spacial score (nSPS) is 19.6. The minimum Gasteiger partial charge on any atom is -0.336 e. The Balaban J connectivity index is 0.00000144. The van der Waals surface area contributed by atoms with Gasteiger partial charge in [0.25, 0.3) is 5.91 Å². The molecule has 0 radical (unpaired) electrons. The molecule has 1 aliphatic heterocycles. The first-order valence-corrected chi connectivity index (χ1v) is 5.83. The predicted octanol–water partition coefficient (Wildman–Crippen LogP) is 2.20. The van der Waals surface area contributed by atoms with Gasteiger partial charge in [-0.05, 0) is 31.2 Å². The van der Waals surface area contributed by atoms with Gasteiger partial charge in [0.2, 0.25) is 0 Å². The fourth-order valence-corrected chi connectivity index (χ4v) is 2.02. The maximum Gasteiger partial charge on any atom is 0.253 e. The molecule has 0 aliphatic carbocycles. The number of nitrogens with one attached hydrogen (secondary N) is 1. The third kappa shape index (κ3) is 3.60. The Morgan fingerprint density at radius 3 is 2.65 bits per heavy atom. The monoisotopic (exact) mass is 274 g/mol. The molecule has 94 valence electrons. The summed E-state index contributed by atoms with van der Waals surface area (Å²) < 4.78 is 0. The van der Waals surface area contributed by atoms with Crippen LogP contribution in [-0.4, -0.2) is 36.5 Å². The van der Waals surface area contributed by atoms with Crippen molar-refractivity contribution in [3.63, 3.8) is 0 Å². The Morgan fingerprint density at radius 1 is 1.41 bits per heavy atom. The van der Waals surface area contributed by atoms with Crippen LogP contribution in [0.25, 0.3) is 0 Å². The van der Waals surface area contributed by atoms with Gasteiger partial charge in [-0.25, -0.2) is 0 Å². The number of carbonyl (C=O) groups excluding carboxylic acids is 1. The number of carbonyl (C=O) groups is 1. The van der Waals surface area contributed by atoms with Crippen LogP contribution in [0, 0.1) is 0 Å². The van der Waals surface area contributed by atoms with Crippen LogP contribution < -0.4 is 5.32 Å². The Kier molecular flexibility index (Phi) is 5.25. The van der Waals surface area contributed by atoms with E-state index in [1.807, 2.05) is 4.90 Å². The molecular formula is C12H16Cl2N2O. The molecule has 1 amide bonds. The van der Waals surface area contributed by atoms with Gasteiger partial charge in [0.05, 0.1) is 0 Å². The quantitative estimate of drug-likeness (QED) is 0.852. The lowest BCUT2D eigenvalue weighted by molar-refractivity contribution is 0.0709. The van der Waals surface area contributed by atoms with Gasteiger partial charge in [-0.15, -0.1) is 12.4 Å². The van der Waals surface area contributed by atoms with Crippen LogP contribution in [0.4, 0.5) is 0 Å². The number of amides is 1. The van der Waals surface area contributed by atoms with Gasteiger partial charge in [-0.3, -0.25) is 4.79 Å². The largest absolute Gasteiger partial charge is 0.336 e. The molecule has 1 N–H and O–H groups in total. The summed E-state index contributed by atoms with van der Waals surface area (Å²) >= 11 is 5.79. The average molecular weight is 275 g/mol. The van der Waals surface area contributed by atoms with Crippen LogP contribution in [0.1, 0.15) is 17.3 Å². The Labute approximate surface area is 113 Å². The lowest BCUT2D eigenvalue weighted by atomic mass is 10.1. The number of hydrogen-bond donors (Lipinski definition) is 1. The smallest absolute Gasteiger partial charge is 0.253 e. The molecule has 5 heteroatoms. The van der Waals surface area contributed by atoms with Crippen LogP contribution in [0.15, 0.2) is 24.3 Å². The van der Waals surface area contributed by atoms with E-state index in [0.717, 1.165) is 19.6 Å². The van der Waals surface area contributed by atoms with Gasteiger partial charge < -0.3 is 10.2 Å². The van der Waals surface area contributed by atoms with Crippen LogP contribution in [0.2, 0.25) is 5.02 Å². The molecule has 0 spiro atoms. The Morgan fingerprint density at radius 2 is 2.06 bits per heavy atom. The first kappa shape index (κ1) is 14.3. The van der Waals surface area contributed by atoms with E-state index in [9.17, 15) is 4.79 Å². The second-order valence-corrected chi connectivity index (χ2v) is 4.55. The second-order valence-electron chi connectivity index (χ2n) is 4.11. The summed E-state index contributed by atoms with van der Waals surface area (Å²) in [6.45, 7) is 4.48. The van der Waals surface area contributed by atoms with E-state index in [0.29, 0.717) is 16.6 Å². The fraction of sp³-hybridized carbons (Fsp3) is 0.417. The standard InChI is InChI=1S/C12H15ClN2O.ClH/c1-9-8-15(7-6-14-9)12(16)10-2-4-11(13)5-3-10;/h2-5,9,14H,6-8H2,1H3;1H/t9-;/m1./s1. The van der Waals surface area contributed by atoms with Crippen molar-refractivity contribution in [2.75, 3.05) is 19.6 Å². The van der Waals surface area contributed by atoms with Gasteiger partial charge in [0, 0.05) is 36.3 Å². The maximum atomic E-state index is 12.1. The van der Waals surface area contributed by atoms with Crippen molar-refractivity contribution in [2.45, 2.75) is 13.0 Å². The van der Waals surface area contributed by atoms with E-state index in [4.69, 9.17) is 11.6 Å². The van der Waals surface area contributed by atoms with E-state index in [1.54, 1.807) is 24.3 Å². The minimum absolute atomic E-state index is 0. The van der Waals surface area contributed by atoms with Gasteiger partial charge >= 0.3 is 0 Å². The summed E-state index contributed by atoms with van der Waals surface area (Å²) in [7, 11) is 0. The third-order valence-corrected chi connectivity index (χ3v) is 3.00. The summed E-state index contributed by atoms with van der Waals surface area (Å²) in [4.78, 5) is 14.0. The second kappa shape index (κ2) is 6.24. The molecule has 1 fully saturated rings. The van der Waals surface area contributed by atoms with Gasteiger partial charge in [-0.1, -0.05) is 11.6 Å². The molecular weight excluding hydrogens is 259 g/mol. The average Bonchev–Trinajstić information content (AvgIpc) is 2.29. The number of rotatable bonds is 1. The summed E-state index contributed by atoms with van der Waals surface area (Å²) in [5, 5.41) is 3.97. The third-order valence-electron chi connectivity index (χ3n) is 2.75. The topological polar surface area (TPSA) is 32.3 Å². The molecule has 0 bridgehead atoms. The summed E-state index contributed by atoms with van der Waals surface area (Å²) in [5.41, 5.74) is 0.707. The molecule has 1 aromatic carbocycles. The zero-order valence-electron chi connectivity index (χ0n) is 9.65. The molecule has 0 saturated carbocycles. The van der Waals surface area contributed by atoms with E-state index in [1.165, 1.54) is 0 Å². The summed E-state index contributed by atoms with van der Waals surface area (Å²) in [6, 6.07) is 7.42. The fourth-order valence-electron chi connectivity index (χ4n) is 1.89. The highest BCUT2D eigenvalue weighted by Gasteiger charge is 2.21. The molecule has 2 rings (SSSR count). The van der Waals surface area contributed by atoms with Gasteiger partial charge in [-0.2, -0.15) is 0 Å². The molecule has 1 saturated heterocycles. The van der Waals surface area contributed by atoms with Crippen molar-refractivity contribution in [2.24, 2.45) is 0 Å². The summed E-state index contributed by atoms with van der Waals surface area (Å²) in [5.74, 6) is 0.0880. The van der Waals surface area contributed by atoms with Crippen molar-refractivity contribution in [3.05, 3.63) is 34.9 Å². The van der Waals surface area contributed by atoms with Gasteiger partial charge in [0.15, 0.2) is 0 Å². The number of benzene rings is 1. The van der Waals surface area contributed by atoms with Crippen LogP contribution in [0.5, 0.6) is 0 Å². The van der Waals surface area contributed by atoms with E-state index >= 15 is 0 Å². The lowest BCUT2D eigenvalue weighted by Gasteiger charge is -2.31. The zero-order chi connectivity index (χ0) is 11.5. The Hall–Kier alpha value is -0.770. The first-order chi connectivity index (χ1) is 7.66. The predicted molar refractivity (Wildman–Crippen MR) is 72.1 cm³/mol. The van der Waals surface area contributed by atoms with Gasteiger partial charge in [0.1, 0.15) is 0 Å². The van der Waals surface area contributed by atoms with Crippen molar-refractivity contribution in [1.82, 2.24) is 10.2 Å². The lowest BCUT2D eigenvalue weighted by Crippen LogP contribution is -2.51. The van der Waals surface area contributed by atoms with Crippen molar-refractivity contribution in [3.8, 4) is 0 Å². The zero-order valence-corrected chi connectivity index (χ0v) is 11.2. The number of hydrogen-bond acceptors (Lipinski definition) is 2. The SMILES string of the molecule is C[C@@H]1CN(C(=O)c2ccc(Cl)cc2)CCN1.Cl. The molecule has 0 aromatic heterocycles. The summed E-state index contributed by atoms with van der Waals surface area (Å²) in [6.07, 6.45) is 0.